The Morgan fingerprint density at radius 2 is 1.13 bits per heavy atom. The van der Waals surface area contributed by atoms with Crippen LogP contribution in [0.25, 0.3) is 11.1 Å². The second kappa shape index (κ2) is 8.18. The summed E-state index contributed by atoms with van der Waals surface area (Å²) in [6.45, 7) is 9.60. The normalized spacial score (nSPS) is 25.9. The minimum atomic E-state index is -0.104. The fourth-order valence-corrected chi connectivity index (χ4v) is 8.03. The summed E-state index contributed by atoms with van der Waals surface area (Å²) in [5, 5.41) is 0. The monoisotopic (exact) mass is 492 g/mol. The van der Waals surface area contributed by atoms with Gasteiger partial charge in [0.2, 0.25) is 0 Å². The van der Waals surface area contributed by atoms with Crippen LogP contribution in [0.15, 0.2) is 132 Å². The van der Waals surface area contributed by atoms with E-state index in [1.54, 1.807) is 5.57 Å². The van der Waals surface area contributed by atoms with Gasteiger partial charge in [-0.2, -0.15) is 0 Å². The van der Waals surface area contributed by atoms with Crippen LogP contribution < -0.4 is 0 Å². The third-order valence-corrected chi connectivity index (χ3v) is 9.77. The van der Waals surface area contributed by atoms with E-state index in [1.165, 1.54) is 39.0 Å². The summed E-state index contributed by atoms with van der Waals surface area (Å²) in [6.07, 6.45) is 6.31. The fraction of sp³-hybridized carbons (Fsp3) is 0.263. The number of hydrogen-bond donors (Lipinski definition) is 0. The SMILES string of the molecule is CC(C)(C)C1=CC2C(=C1)C(C)(c1ccccc1)CC2(c1ccccc1)C1c2ccccc2-c2ccccc21. The number of hydrogen-bond acceptors (Lipinski definition) is 0. The van der Waals surface area contributed by atoms with Crippen molar-refractivity contribution in [3.8, 4) is 11.1 Å². The van der Waals surface area contributed by atoms with Crippen LogP contribution >= 0.6 is 0 Å². The van der Waals surface area contributed by atoms with Gasteiger partial charge in [-0.3, -0.25) is 0 Å². The molecule has 0 N–H and O–H groups in total. The standard InChI is InChI=1S/C38H36/c1-36(2,3)28-23-33-34(24-28)38(27-17-9-6-10-18-27,25-37(33,4)26-15-7-5-8-16-26)35-31-21-13-11-19-29(31)30-20-12-14-22-32(30)35/h5-24,34-35H,25H2,1-4H3. The van der Waals surface area contributed by atoms with Crippen molar-refractivity contribution in [3.63, 3.8) is 0 Å². The Hall–Kier alpha value is -3.64. The highest BCUT2D eigenvalue weighted by molar-refractivity contribution is 5.80. The molecule has 38 heavy (non-hydrogen) atoms. The van der Waals surface area contributed by atoms with Crippen molar-refractivity contribution in [1.82, 2.24) is 0 Å². The summed E-state index contributed by atoms with van der Waals surface area (Å²) < 4.78 is 0. The van der Waals surface area contributed by atoms with Crippen molar-refractivity contribution in [2.24, 2.45) is 11.3 Å². The molecular formula is C38H36. The van der Waals surface area contributed by atoms with Gasteiger partial charge in [0.05, 0.1) is 0 Å². The molecule has 1 fully saturated rings. The molecule has 3 aliphatic carbocycles. The molecule has 0 spiro atoms. The summed E-state index contributed by atoms with van der Waals surface area (Å²) in [5.74, 6) is 0.611. The molecule has 0 aliphatic heterocycles. The first kappa shape index (κ1) is 23.5. The van der Waals surface area contributed by atoms with Gasteiger partial charge < -0.3 is 0 Å². The van der Waals surface area contributed by atoms with Gasteiger partial charge in [0, 0.05) is 22.7 Å². The van der Waals surface area contributed by atoms with Crippen LogP contribution in [0.4, 0.5) is 0 Å². The molecule has 0 heterocycles. The van der Waals surface area contributed by atoms with Crippen molar-refractivity contribution >= 4 is 0 Å². The Kier molecular flexibility index (Phi) is 5.05. The van der Waals surface area contributed by atoms with Gasteiger partial charge in [-0.15, -0.1) is 0 Å². The Labute approximate surface area is 227 Å². The summed E-state index contributed by atoms with van der Waals surface area (Å²) in [5.41, 5.74) is 11.6. The lowest BCUT2D eigenvalue weighted by atomic mass is 9.60. The Balaban J connectivity index is 1.57. The zero-order valence-electron chi connectivity index (χ0n) is 22.9. The van der Waals surface area contributed by atoms with Crippen molar-refractivity contribution in [2.75, 3.05) is 0 Å². The van der Waals surface area contributed by atoms with Gasteiger partial charge in [-0.25, -0.2) is 0 Å². The highest BCUT2D eigenvalue weighted by Gasteiger charge is 2.62. The van der Waals surface area contributed by atoms with Crippen molar-refractivity contribution < 1.29 is 0 Å². The highest BCUT2D eigenvalue weighted by Crippen LogP contribution is 2.69. The van der Waals surface area contributed by atoms with E-state index in [4.69, 9.17) is 0 Å². The molecule has 0 nitrogen and oxygen atoms in total. The van der Waals surface area contributed by atoms with Crippen LogP contribution in [0, 0.1) is 11.3 Å². The number of fused-ring (bicyclic) bond motifs is 4. The Bertz CT molecular complexity index is 1530. The maximum atomic E-state index is 2.65. The predicted molar refractivity (Wildman–Crippen MR) is 159 cm³/mol. The minimum absolute atomic E-state index is 0.0578. The summed E-state index contributed by atoms with van der Waals surface area (Å²) in [7, 11) is 0. The third kappa shape index (κ3) is 3.16. The first-order chi connectivity index (χ1) is 18.3. The van der Waals surface area contributed by atoms with Gasteiger partial charge in [0.25, 0.3) is 0 Å². The lowest BCUT2D eigenvalue weighted by molar-refractivity contribution is 0.320. The molecule has 3 unspecified atom stereocenters. The summed E-state index contributed by atoms with van der Waals surface area (Å²) in [6, 6.07) is 41.1. The second-order valence-electron chi connectivity index (χ2n) is 12.8. The zero-order valence-corrected chi connectivity index (χ0v) is 22.9. The van der Waals surface area contributed by atoms with Crippen LogP contribution in [0.2, 0.25) is 0 Å². The van der Waals surface area contributed by atoms with Crippen LogP contribution in [0.5, 0.6) is 0 Å². The van der Waals surface area contributed by atoms with Crippen molar-refractivity contribution in [2.45, 2.75) is 50.9 Å². The first-order valence-electron chi connectivity index (χ1n) is 14.1. The van der Waals surface area contributed by atoms with Crippen LogP contribution in [0.3, 0.4) is 0 Å². The fourth-order valence-electron chi connectivity index (χ4n) is 8.03. The molecule has 1 saturated carbocycles. The van der Waals surface area contributed by atoms with Gasteiger partial charge >= 0.3 is 0 Å². The molecule has 0 saturated heterocycles. The minimum Gasteiger partial charge on any atom is -0.0726 e. The number of rotatable bonds is 3. The van der Waals surface area contributed by atoms with E-state index in [2.05, 4.69) is 149 Å². The quantitative estimate of drug-likeness (QED) is 0.267. The molecule has 0 bridgehead atoms. The smallest absolute Gasteiger partial charge is 0.0208 e. The average molecular weight is 493 g/mol. The third-order valence-electron chi connectivity index (χ3n) is 9.77. The lowest BCUT2D eigenvalue weighted by Crippen LogP contribution is -2.38. The maximum absolute atomic E-state index is 2.65. The second-order valence-corrected chi connectivity index (χ2v) is 12.8. The molecule has 3 aliphatic rings. The van der Waals surface area contributed by atoms with E-state index < -0.39 is 0 Å². The molecule has 4 aromatic carbocycles. The average Bonchev–Trinajstić information content (AvgIpc) is 3.61. The summed E-state index contributed by atoms with van der Waals surface area (Å²) in [4.78, 5) is 0. The van der Waals surface area contributed by atoms with Gasteiger partial charge in [-0.1, -0.05) is 155 Å². The highest BCUT2D eigenvalue weighted by atomic mass is 14.6. The van der Waals surface area contributed by atoms with E-state index in [9.17, 15) is 0 Å². The Morgan fingerprint density at radius 3 is 1.68 bits per heavy atom. The molecule has 0 amide bonds. The van der Waals surface area contributed by atoms with E-state index in [0.29, 0.717) is 5.92 Å². The first-order valence-corrected chi connectivity index (χ1v) is 14.1. The van der Waals surface area contributed by atoms with Crippen molar-refractivity contribution in [3.05, 3.63) is 155 Å². The van der Waals surface area contributed by atoms with Crippen LogP contribution in [0.1, 0.15) is 62.3 Å². The number of allylic oxidation sites excluding steroid dienone is 4. The molecule has 7 rings (SSSR count). The van der Waals surface area contributed by atoms with Gasteiger partial charge in [0.1, 0.15) is 0 Å². The number of benzene rings is 4. The lowest BCUT2D eigenvalue weighted by Gasteiger charge is -2.42. The Morgan fingerprint density at radius 1 is 0.632 bits per heavy atom. The predicted octanol–water partition coefficient (Wildman–Crippen LogP) is 9.63. The van der Waals surface area contributed by atoms with E-state index in [1.807, 2.05) is 0 Å². The molecule has 0 radical (unpaired) electrons. The zero-order chi connectivity index (χ0) is 26.1. The topological polar surface area (TPSA) is 0 Å². The van der Waals surface area contributed by atoms with E-state index in [-0.39, 0.29) is 22.2 Å². The molecular weight excluding hydrogens is 456 g/mol. The maximum Gasteiger partial charge on any atom is 0.0208 e. The molecule has 0 heteroatoms. The van der Waals surface area contributed by atoms with Crippen molar-refractivity contribution in [1.29, 1.82) is 0 Å². The molecule has 188 valence electrons. The largest absolute Gasteiger partial charge is 0.0726 e. The van der Waals surface area contributed by atoms with E-state index in [0.717, 1.165) is 6.42 Å². The molecule has 0 aromatic heterocycles. The van der Waals surface area contributed by atoms with Gasteiger partial charge in [0.15, 0.2) is 0 Å². The van der Waals surface area contributed by atoms with Gasteiger partial charge in [-0.05, 0) is 50.8 Å². The van der Waals surface area contributed by atoms with Crippen LogP contribution in [-0.2, 0) is 10.8 Å². The molecule has 3 atom stereocenters. The summed E-state index contributed by atoms with van der Waals surface area (Å²) >= 11 is 0. The molecule has 4 aromatic rings. The van der Waals surface area contributed by atoms with Crippen LogP contribution in [-0.4, -0.2) is 0 Å². The van der Waals surface area contributed by atoms with E-state index >= 15 is 0 Å².